The van der Waals surface area contributed by atoms with Gasteiger partial charge < -0.3 is 22.9 Å². The molecule has 0 unspecified atom stereocenters. The molecule has 0 spiro atoms. The van der Waals surface area contributed by atoms with Crippen LogP contribution in [0.4, 0.5) is 0 Å². The lowest BCUT2D eigenvalue weighted by Gasteiger charge is -2.14. The standard InChI is InChI=1S/C30H38N16/c1-15(39-43-27(31)32)21-9-22(16(2)40-44-28(33)34)12-25(11-21)19-6-5-7-20(8-19)26-13-23(17(3)41-45-29(35)36)10-24(14-26)18(4)42-46-30(37)38/h5-14H,1-4H3,(H4,31,32,43)(H4,33,34,44)(H4,35,36,45)(H4,37,38,46)/b39-15-,40-16-,41-17-,42-18+. The summed E-state index contributed by atoms with van der Waals surface area (Å²) in [6, 6.07) is 19.6. The van der Waals surface area contributed by atoms with Crippen LogP contribution in [0, 0.1) is 21.6 Å². The summed E-state index contributed by atoms with van der Waals surface area (Å²) in [5, 5.41) is 46.6. The van der Waals surface area contributed by atoms with Crippen LogP contribution < -0.4 is 44.6 Å². The minimum absolute atomic E-state index is 0.289. The molecule has 3 rings (SSSR count). The molecule has 0 aliphatic rings. The highest BCUT2D eigenvalue weighted by Crippen LogP contribution is 2.30. The van der Waals surface area contributed by atoms with Gasteiger partial charge in [-0.25, -0.2) is 21.7 Å². The second-order valence-electron chi connectivity index (χ2n) is 10.1. The second-order valence-corrected chi connectivity index (χ2v) is 10.1. The van der Waals surface area contributed by atoms with E-state index in [9.17, 15) is 0 Å². The van der Waals surface area contributed by atoms with Gasteiger partial charge in [0.2, 0.25) is 23.8 Å². The van der Waals surface area contributed by atoms with E-state index in [0.29, 0.717) is 22.8 Å². The van der Waals surface area contributed by atoms with Crippen molar-refractivity contribution in [1.29, 1.82) is 21.6 Å². The number of hydrazone groups is 4. The first kappa shape index (κ1) is 33.9. The van der Waals surface area contributed by atoms with Gasteiger partial charge in [0.1, 0.15) is 0 Å². The fourth-order valence-corrected chi connectivity index (χ4v) is 4.14. The summed E-state index contributed by atoms with van der Waals surface area (Å²) < 4.78 is 0. The Morgan fingerprint density at radius 1 is 0.435 bits per heavy atom. The predicted octanol–water partition coefficient (Wildman–Crippen LogP) is 1.85. The van der Waals surface area contributed by atoms with Crippen molar-refractivity contribution >= 4 is 46.7 Å². The number of benzene rings is 3. The number of nitrogens with zero attached hydrogens (tertiary/aromatic N) is 4. The monoisotopic (exact) mass is 622 g/mol. The summed E-state index contributed by atoms with van der Waals surface area (Å²) in [6.07, 6.45) is 0. The number of rotatable bonds is 10. The van der Waals surface area contributed by atoms with Gasteiger partial charge in [-0.15, -0.1) is 0 Å². The number of nitrogens with one attached hydrogen (secondary N) is 8. The second kappa shape index (κ2) is 15.2. The Hall–Kier alpha value is -6.58. The Morgan fingerprint density at radius 2 is 0.696 bits per heavy atom. The molecule has 0 fully saturated rings. The molecule has 0 aromatic heterocycles. The summed E-state index contributed by atoms with van der Waals surface area (Å²) in [6.45, 7) is 7.16. The molecule has 16 heteroatoms. The van der Waals surface area contributed by atoms with Gasteiger partial charge in [-0.1, -0.05) is 18.2 Å². The lowest BCUT2D eigenvalue weighted by molar-refractivity contribution is 0.990. The SMILES string of the molecule is C/C(=N/NC(=N)N)c1cc(/C(C)=N\NC(=N)N)cc(-c2cccc(-c3cc(/C(C)=N\NC(=N)N)cc(/C(C)=N/NC(=N)N)c3)c2)c1. The Morgan fingerprint density at radius 3 is 0.935 bits per heavy atom. The fourth-order valence-electron chi connectivity index (χ4n) is 4.14. The molecular formula is C30H38N16. The molecule has 16 nitrogen and oxygen atoms in total. The van der Waals surface area contributed by atoms with Gasteiger partial charge >= 0.3 is 0 Å². The van der Waals surface area contributed by atoms with Crippen LogP contribution in [0.25, 0.3) is 22.3 Å². The Balaban J connectivity index is 2.21. The highest BCUT2D eigenvalue weighted by Gasteiger charge is 2.12. The molecule has 3 aromatic carbocycles. The van der Waals surface area contributed by atoms with Gasteiger partial charge in [0.05, 0.1) is 22.8 Å². The molecule has 16 N–H and O–H groups in total. The van der Waals surface area contributed by atoms with E-state index in [-0.39, 0.29) is 23.8 Å². The van der Waals surface area contributed by atoms with Crippen molar-refractivity contribution in [3.63, 3.8) is 0 Å². The van der Waals surface area contributed by atoms with Gasteiger partial charge in [0.25, 0.3) is 0 Å². The fraction of sp³-hybridized carbons (Fsp3) is 0.133. The molecule has 0 atom stereocenters. The Kier molecular flexibility index (Phi) is 11.2. The maximum Gasteiger partial charge on any atom is 0.206 e. The van der Waals surface area contributed by atoms with Gasteiger partial charge in [-0.2, -0.15) is 20.4 Å². The first-order valence-corrected chi connectivity index (χ1v) is 13.7. The summed E-state index contributed by atoms with van der Waals surface area (Å²) >= 11 is 0. The lowest BCUT2D eigenvalue weighted by atomic mass is 9.92. The topological polar surface area (TPSA) is 297 Å². The molecule has 46 heavy (non-hydrogen) atoms. The van der Waals surface area contributed by atoms with Crippen LogP contribution in [0.15, 0.2) is 81.1 Å². The molecule has 0 bridgehead atoms. The highest BCUT2D eigenvalue weighted by molar-refractivity contribution is 6.07. The van der Waals surface area contributed by atoms with Crippen LogP contribution in [-0.4, -0.2) is 46.7 Å². The normalized spacial score (nSPS) is 12.3. The quantitative estimate of drug-likeness (QED) is 0.0897. The van der Waals surface area contributed by atoms with Crippen LogP contribution in [0.1, 0.15) is 49.9 Å². The maximum atomic E-state index is 7.45. The molecule has 0 saturated heterocycles. The van der Waals surface area contributed by atoms with Crippen molar-refractivity contribution in [3.8, 4) is 22.3 Å². The third kappa shape index (κ3) is 9.73. The van der Waals surface area contributed by atoms with Crippen LogP contribution >= 0.6 is 0 Å². The minimum Gasteiger partial charge on any atom is -0.369 e. The van der Waals surface area contributed by atoms with Crippen molar-refractivity contribution in [2.24, 2.45) is 43.3 Å². The van der Waals surface area contributed by atoms with Gasteiger partial charge in [-0.05, 0) is 115 Å². The summed E-state index contributed by atoms with van der Waals surface area (Å²) in [4.78, 5) is 0. The third-order valence-electron chi connectivity index (χ3n) is 6.44. The number of hydrogen-bond acceptors (Lipinski definition) is 8. The lowest BCUT2D eigenvalue weighted by Crippen LogP contribution is -2.27. The van der Waals surface area contributed by atoms with E-state index in [1.54, 1.807) is 27.7 Å². The van der Waals surface area contributed by atoms with Gasteiger partial charge in [0.15, 0.2) is 0 Å². The van der Waals surface area contributed by atoms with E-state index < -0.39 is 0 Å². The molecule has 0 radical (unpaired) electrons. The molecule has 3 aromatic rings. The first-order chi connectivity index (χ1) is 21.7. The van der Waals surface area contributed by atoms with Crippen molar-refractivity contribution in [1.82, 2.24) is 21.7 Å². The molecule has 0 saturated carbocycles. The van der Waals surface area contributed by atoms with Crippen LogP contribution in [0.5, 0.6) is 0 Å². The van der Waals surface area contributed by atoms with E-state index in [1.165, 1.54) is 0 Å². The summed E-state index contributed by atoms with van der Waals surface area (Å²) in [5.41, 5.74) is 40.5. The molecular weight excluding hydrogens is 584 g/mol. The van der Waals surface area contributed by atoms with E-state index in [4.69, 9.17) is 44.6 Å². The summed E-state index contributed by atoms with van der Waals surface area (Å²) in [5.74, 6) is -1.16. The van der Waals surface area contributed by atoms with Crippen LogP contribution in [-0.2, 0) is 0 Å². The van der Waals surface area contributed by atoms with Crippen molar-refractivity contribution in [2.45, 2.75) is 27.7 Å². The average molecular weight is 623 g/mol. The Labute approximate surface area is 266 Å². The zero-order valence-corrected chi connectivity index (χ0v) is 25.9. The minimum atomic E-state index is -0.289. The average Bonchev–Trinajstić information content (AvgIpc) is 3.03. The molecule has 0 amide bonds. The first-order valence-electron chi connectivity index (χ1n) is 13.7. The predicted molar refractivity (Wildman–Crippen MR) is 186 cm³/mol. The molecule has 0 heterocycles. The molecule has 0 aliphatic heterocycles. The van der Waals surface area contributed by atoms with E-state index >= 15 is 0 Å². The number of nitrogens with two attached hydrogens (primary N) is 4. The van der Waals surface area contributed by atoms with Crippen LogP contribution in [0.2, 0.25) is 0 Å². The number of hydrogen-bond donors (Lipinski definition) is 12. The number of guanidine groups is 4. The highest BCUT2D eigenvalue weighted by atomic mass is 15.4. The maximum absolute atomic E-state index is 7.45. The van der Waals surface area contributed by atoms with Crippen LogP contribution in [0.3, 0.4) is 0 Å². The third-order valence-corrected chi connectivity index (χ3v) is 6.44. The smallest absolute Gasteiger partial charge is 0.206 e. The van der Waals surface area contributed by atoms with E-state index in [2.05, 4.69) is 42.1 Å². The van der Waals surface area contributed by atoms with Crippen molar-refractivity contribution in [2.75, 3.05) is 0 Å². The molecule has 238 valence electrons. The van der Waals surface area contributed by atoms with Gasteiger partial charge in [-0.3, -0.25) is 21.6 Å². The largest absolute Gasteiger partial charge is 0.369 e. The van der Waals surface area contributed by atoms with Gasteiger partial charge in [0, 0.05) is 0 Å². The van der Waals surface area contributed by atoms with Crippen molar-refractivity contribution in [3.05, 3.63) is 82.9 Å². The van der Waals surface area contributed by atoms with E-state index in [1.807, 2.05) is 60.7 Å². The summed E-state index contributed by atoms with van der Waals surface area (Å²) in [7, 11) is 0. The van der Waals surface area contributed by atoms with E-state index in [0.717, 1.165) is 44.5 Å². The molecule has 0 aliphatic carbocycles. The van der Waals surface area contributed by atoms with Crippen molar-refractivity contribution < 1.29 is 0 Å². The zero-order valence-electron chi connectivity index (χ0n) is 25.9. The Bertz CT molecular complexity index is 1570. The zero-order chi connectivity index (χ0) is 34.0.